The van der Waals surface area contributed by atoms with E-state index in [9.17, 15) is 14.7 Å². The third-order valence-electron chi connectivity index (χ3n) is 2.04. The number of aliphatic hydroxyl groups excluding tert-OH is 1. The fraction of sp³-hybridized carbons (Fsp3) is 0.167. The van der Waals surface area contributed by atoms with Gasteiger partial charge in [-0.1, -0.05) is 0 Å². The number of benzene rings is 1. The number of carbonyl (C=O) groups excluding carboxylic acids is 2. The molecule has 0 saturated heterocycles. The van der Waals surface area contributed by atoms with Crippen LogP contribution in [0.3, 0.4) is 0 Å². The number of hydrogen-bond donors (Lipinski definition) is 1. The summed E-state index contributed by atoms with van der Waals surface area (Å²) in [6.45, 7) is 0. The Morgan fingerprint density at radius 3 is 2.24 bits per heavy atom. The summed E-state index contributed by atoms with van der Waals surface area (Å²) in [7, 11) is 2.63. The van der Waals surface area contributed by atoms with E-state index in [1.807, 2.05) is 0 Å². The van der Waals surface area contributed by atoms with Crippen molar-refractivity contribution in [3.8, 4) is 5.75 Å². The monoisotopic (exact) mass is 236 g/mol. The predicted octanol–water partition coefficient (Wildman–Crippen LogP) is 1.49. The number of methoxy groups -OCH3 is 2. The van der Waals surface area contributed by atoms with Crippen LogP contribution in [0.25, 0.3) is 0 Å². The van der Waals surface area contributed by atoms with Gasteiger partial charge in [0, 0.05) is 11.6 Å². The lowest BCUT2D eigenvalue weighted by Gasteiger charge is -2.01. The molecule has 0 bridgehead atoms. The van der Waals surface area contributed by atoms with Gasteiger partial charge in [0.2, 0.25) is 5.76 Å². The number of hydrogen-bond acceptors (Lipinski definition) is 5. The lowest BCUT2D eigenvalue weighted by Crippen LogP contribution is -2.06. The minimum Gasteiger partial charge on any atom is -0.502 e. The highest BCUT2D eigenvalue weighted by Crippen LogP contribution is 2.12. The van der Waals surface area contributed by atoms with Gasteiger partial charge in [0.05, 0.1) is 14.2 Å². The molecule has 0 aromatic heterocycles. The summed E-state index contributed by atoms with van der Waals surface area (Å²) < 4.78 is 9.19. The summed E-state index contributed by atoms with van der Waals surface area (Å²) in [5, 5.41) is 9.19. The SMILES string of the molecule is COC(=O)/C(O)=C/C(=O)c1ccc(OC)cc1. The highest BCUT2D eigenvalue weighted by atomic mass is 16.5. The summed E-state index contributed by atoms with van der Waals surface area (Å²) in [6.07, 6.45) is 0.813. The first kappa shape index (κ1) is 12.8. The van der Waals surface area contributed by atoms with Gasteiger partial charge < -0.3 is 14.6 Å². The zero-order valence-corrected chi connectivity index (χ0v) is 9.47. The molecule has 0 heterocycles. The van der Waals surface area contributed by atoms with Crippen molar-refractivity contribution in [1.82, 2.24) is 0 Å². The van der Waals surface area contributed by atoms with Gasteiger partial charge in [0.1, 0.15) is 5.75 Å². The van der Waals surface area contributed by atoms with Gasteiger partial charge in [-0.2, -0.15) is 0 Å². The molecule has 1 N–H and O–H groups in total. The molecule has 0 unspecified atom stereocenters. The topological polar surface area (TPSA) is 72.8 Å². The van der Waals surface area contributed by atoms with Gasteiger partial charge in [-0.15, -0.1) is 0 Å². The van der Waals surface area contributed by atoms with Gasteiger partial charge in [-0.3, -0.25) is 4.79 Å². The van der Waals surface area contributed by atoms with Crippen molar-refractivity contribution in [1.29, 1.82) is 0 Å². The van der Waals surface area contributed by atoms with Crippen LogP contribution in [0, 0.1) is 0 Å². The quantitative estimate of drug-likeness (QED) is 0.371. The number of esters is 1. The van der Waals surface area contributed by atoms with Gasteiger partial charge >= 0.3 is 5.97 Å². The van der Waals surface area contributed by atoms with E-state index in [0.717, 1.165) is 13.2 Å². The second-order valence-corrected chi connectivity index (χ2v) is 3.11. The molecule has 0 aliphatic heterocycles. The van der Waals surface area contributed by atoms with Gasteiger partial charge in [0.15, 0.2) is 5.78 Å². The Balaban J connectivity index is 2.86. The molecule has 0 atom stereocenters. The molecule has 1 aromatic carbocycles. The fourth-order valence-electron chi connectivity index (χ4n) is 1.13. The minimum atomic E-state index is -0.952. The number of carbonyl (C=O) groups is 2. The average molecular weight is 236 g/mol. The Morgan fingerprint density at radius 1 is 1.18 bits per heavy atom. The third-order valence-corrected chi connectivity index (χ3v) is 2.04. The lowest BCUT2D eigenvalue weighted by molar-refractivity contribution is -0.139. The molecule has 90 valence electrons. The zero-order chi connectivity index (χ0) is 12.8. The van der Waals surface area contributed by atoms with Gasteiger partial charge in [0.25, 0.3) is 0 Å². The summed E-state index contributed by atoms with van der Waals surface area (Å²) in [5.74, 6) is -1.56. The number of ether oxygens (including phenoxy) is 2. The fourth-order valence-corrected chi connectivity index (χ4v) is 1.13. The largest absolute Gasteiger partial charge is 0.502 e. The molecule has 1 rings (SSSR count). The van der Waals surface area contributed by atoms with E-state index in [2.05, 4.69) is 4.74 Å². The number of aliphatic hydroxyl groups is 1. The molecule has 5 nitrogen and oxygen atoms in total. The molecule has 0 spiro atoms. The van der Waals surface area contributed by atoms with Gasteiger partial charge in [-0.25, -0.2) is 4.79 Å². The van der Waals surface area contributed by atoms with E-state index in [1.165, 1.54) is 19.2 Å². The van der Waals surface area contributed by atoms with Gasteiger partial charge in [-0.05, 0) is 24.3 Å². The van der Waals surface area contributed by atoms with E-state index >= 15 is 0 Å². The molecule has 0 amide bonds. The maximum atomic E-state index is 11.6. The van der Waals surface area contributed by atoms with Crippen LogP contribution < -0.4 is 4.74 Å². The standard InChI is InChI=1S/C12H12O5/c1-16-9-5-3-8(4-6-9)10(13)7-11(14)12(15)17-2/h3-7,14H,1-2H3/b11-7-. The molecule has 17 heavy (non-hydrogen) atoms. The highest BCUT2D eigenvalue weighted by Gasteiger charge is 2.11. The first-order chi connectivity index (χ1) is 8.08. The molecule has 0 aliphatic rings. The summed E-state index contributed by atoms with van der Waals surface area (Å²) >= 11 is 0. The van der Waals surface area contributed by atoms with E-state index in [0.29, 0.717) is 11.3 Å². The van der Waals surface area contributed by atoms with Crippen LogP contribution in [0.15, 0.2) is 36.1 Å². The van der Waals surface area contributed by atoms with E-state index in [1.54, 1.807) is 12.1 Å². The summed E-state index contributed by atoms with van der Waals surface area (Å²) in [4.78, 5) is 22.5. The second-order valence-electron chi connectivity index (χ2n) is 3.11. The lowest BCUT2D eigenvalue weighted by atomic mass is 10.1. The Morgan fingerprint density at radius 2 is 1.76 bits per heavy atom. The maximum absolute atomic E-state index is 11.6. The zero-order valence-electron chi connectivity index (χ0n) is 9.47. The number of ketones is 1. The van der Waals surface area contributed by atoms with Crippen molar-refractivity contribution >= 4 is 11.8 Å². The van der Waals surface area contributed by atoms with Crippen LogP contribution in [-0.2, 0) is 9.53 Å². The predicted molar refractivity (Wildman–Crippen MR) is 60.1 cm³/mol. The Hall–Kier alpha value is -2.30. The van der Waals surface area contributed by atoms with E-state index in [-0.39, 0.29) is 0 Å². The molecule has 0 fully saturated rings. The second kappa shape index (κ2) is 5.69. The third kappa shape index (κ3) is 3.34. The normalized spacial score (nSPS) is 10.8. The van der Waals surface area contributed by atoms with Crippen molar-refractivity contribution in [2.24, 2.45) is 0 Å². The first-order valence-corrected chi connectivity index (χ1v) is 4.76. The van der Waals surface area contributed by atoms with Crippen LogP contribution in [-0.4, -0.2) is 31.1 Å². The summed E-state index contributed by atoms with van der Waals surface area (Å²) in [5.41, 5.74) is 0.334. The number of rotatable bonds is 4. The first-order valence-electron chi connectivity index (χ1n) is 4.76. The van der Waals surface area contributed by atoms with Crippen LogP contribution in [0.4, 0.5) is 0 Å². The van der Waals surface area contributed by atoms with E-state index in [4.69, 9.17) is 4.74 Å². The maximum Gasteiger partial charge on any atom is 0.373 e. The van der Waals surface area contributed by atoms with Crippen LogP contribution in [0.1, 0.15) is 10.4 Å². The molecule has 0 saturated carbocycles. The molecular formula is C12H12O5. The summed E-state index contributed by atoms with van der Waals surface area (Å²) in [6, 6.07) is 6.27. The average Bonchev–Trinajstić information content (AvgIpc) is 2.37. The smallest absolute Gasteiger partial charge is 0.373 e. The van der Waals surface area contributed by atoms with Crippen LogP contribution >= 0.6 is 0 Å². The van der Waals surface area contributed by atoms with E-state index < -0.39 is 17.5 Å². The Kier molecular flexibility index (Phi) is 4.28. The Bertz CT molecular complexity index is 444. The molecule has 5 heteroatoms. The van der Waals surface area contributed by atoms with Crippen molar-refractivity contribution in [3.63, 3.8) is 0 Å². The minimum absolute atomic E-state index is 0.334. The molecule has 1 aromatic rings. The van der Waals surface area contributed by atoms with Crippen molar-refractivity contribution in [2.75, 3.05) is 14.2 Å². The van der Waals surface area contributed by atoms with Crippen molar-refractivity contribution in [3.05, 3.63) is 41.7 Å². The van der Waals surface area contributed by atoms with Crippen LogP contribution in [0.5, 0.6) is 5.75 Å². The van der Waals surface area contributed by atoms with Crippen molar-refractivity contribution in [2.45, 2.75) is 0 Å². The Labute approximate surface area is 98.3 Å². The van der Waals surface area contributed by atoms with Crippen molar-refractivity contribution < 1.29 is 24.2 Å². The molecule has 0 aliphatic carbocycles. The molecule has 0 radical (unpaired) electrons. The molecular weight excluding hydrogens is 224 g/mol. The highest BCUT2D eigenvalue weighted by molar-refractivity contribution is 6.07. The van der Waals surface area contributed by atoms with Crippen LogP contribution in [0.2, 0.25) is 0 Å². The number of allylic oxidation sites excluding steroid dienone is 1.